The second kappa shape index (κ2) is 11.7. The standard InChI is InChI=1S/C26H21N5O4S/c1-34-25(33)19-9-11-20(12-10-19)28-24(32)17-36-26-30-29-23(31(26)21-5-3-2-4-6-21)16-35-22-13-7-18(15-27)8-14-22/h2-14H,16-17H2,1H3,(H,28,32). The van der Waals surface area contributed by atoms with Crippen molar-refractivity contribution >= 4 is 29.3 Å². The second-order valence-corrected chi connectivity index (χ2v) is 8.34. The number of hydrogen-bond donors (Lipinski definition) is 1. The number of rotatable bonds is 9. The van der Waals surface area contributed by atoms with Crippen LogP contribution in [-0.2, 0) is 16.1 Å². The van der Waals surface area contributed by atoms with Gasteiger partial charge in [0.25, 0.3) is 0 Å². The van der Waals surface area contributed by atoms with Gasteiger partial charge >= 0.3 is 5.97 Å². The van der Waals surface area contributed by atoms with Gasteiger partial charge in [-0.2, -0.15) is 5.26 Å². The second-order valence-electron chi connectivity index (χ2n) is 7.40. The Morgan fingerprint density at radius 2 is 1.72 bits per heavy atom. The first-order valence-corrected chi connectivity index (χ1v) is 11.8. The maximum atomic E-state index is 12.5. The van der Waals surface area contributed by atoms with Crippen molar-refractivity contribution in [1.29, 1.82) is 5.26 Å². The molecule has 9 nitrogen and oxygen atoms in total. The Morgan fingerprint density at radius 1 is 1.00 bits per heavy atom. The van der Waals surface area contributed by atoms with Gasteiger partial charge in [0.1, 0.15) is 12.4 Å². The van der Waals surface area contributed by atoms with Crippen LogP contribution in [0.15, 0.2) is 84.0 Å². The average molecular weight is 500 g/mol. The van der Waals surface area contributed by atoms with Crippen LogP contribution in [-0.4, -0.2) is 39.5 Å². The van der Waals surface area contributed by atoms with Crippen LogP contribution in [0.4, 0.5) is 5.69 Å². The van der Waals surface area contributed by atoms with E-state index in [4.69, 9.17) is 10.00 Å². The fourth-order valence-electron chi connectivity index (χ4n) is 3.23. The summed E-state index contributed by atoms with van der Waals surface area (Å²) < 4.78 is 12.4. The fourth-order valence-corrected chi connectivity index (χ4v) is 4.00. The zero-order valence-corrected chi connectivity index (χ0v) is 20.1. The van der Waals surface area contributed by atoms with E-state index in [1.54, 1.807) is 48.5 Å². The lowest BCUT2D eigenvalue weighted by Gasteiger charge is -2.11. The summed E-state index contributed by atoms with van der Waals surface area (Å²) in [5.74, 6) is 0.585. The van der Waals surface area contributed by atoms with Crippen molar-refractivity contribution in [2.45, 2.75) is 11.8 Å². The van der Waals surface area contributed by atoms with Gasteiger partial charge in [-0.1, -0.05) is 30.0 Å². The molecule has 0 fully saturated rings. The molecule has 1 amide bonds. The molecule has 1 aromatic heterocycles. The number of aromatic nitrogens is 3. The number of hydrogen-bond acceptors (Lipinski definition) is 8. The minimum atomic E-state index is -0.442. The number of amides is 1. The zero-order valence-electron chi connectivity index (χ0n) is 19.2. The van der Waals surface area contributed by atoms with Crippen LogP contribution in [0, 0.1) is 11.3 Å². The summed E-state index contributed by atoms with van der Waals surface area (Å²) >= 11 is 1.24. The van der Waals surface area contributed by atoms with Crippen molar-refractivity contribution in [3.05, 3.63) is 95.8 Å². The Morgan fingerprint density at radius 3 is 2.39 bits per heavy atom. The Bertz CT molecular complexity index is 1380. The molecule has 0 bridgehead atoms. The average Bonchev–Trinajstić information content (AvgIpc) is 3.34. The summed E-state index contributed by atoms with van der Waals surface area (Å²) in [4.78, 5) is 24.1. The van der Waals surface area contributed by atoms with Crippen molar-refractivity contribution in [3.63, 3.8) is 0 Å². The highest BCUT2D eigenvalue weighted by molar-refractivity contribution is 7.99. The van der Waals surface area contributed by atoms with Crippen LogP contribution in [0.25, 0.3) is 5.69 Å². The van der Waals surface area contributed by atoms with E-state index in [1.165, 1.54) is 18.9 Å². The van der Waals surface area contributed by atoms with Gasteiger partial charge in [0.2, 0.25) is 5.91 Å². The Kier molecular flexibility index (Phi) is 7.95. The predicted octanol–water partition coefficient (Wildman–Crippen LogP) is 4.24. The highest BCUT2D eigenvalue weighted by Crippen LogP contribution is 2.23. The van der Waals surface area contributed by atoms with E-state index in [9.17, 15) is 9.59 Å². The molecule has 0 aliphatic heterocycles. The number of methoxy groups -OCH3 is 1. The number of esters is 1. The zero-order chi connectivity index (χ0) is 25.3. The monoisotopic (exact) mass is 499 g/mol. The summed E-state index contributed by atoms with van der Waals surface area (Å²) in [5, 5.41) is 20.8. The van der Waals surface area contributed by atoms with Gasteiger partial charge in [0.05, 0.1) is 30.1 Å². The summed E-state index contributed by atoms with van der Waals surface area (Å²) in [6.45, 7) is 0.146. The number of nitriles is 1. The van der Waals surface area contributed by atoms with E-state index in [0.29, 0.717) is 33.5 Å². The topological polar surface area (TPSA) is 119 Å². The smallest absolute Gasteiger partial charge is 0.337 e. The van der Waals surface area contributed by atoms with Gasteiger partial charge in [-0.3, -0.25) is 9.36 Å². The minimum Gasteiger partial charge on any atom is -0.486 e. The molecule has 1 N–H and O–H groups in total. The number of nitrogens with one attached hydrogen (secondary N) is 1. The first kappa shape index (κ1) is 24.5. The Balaban J connectivity index is 1.44. The maximum absolute atomic E-state index is 12.5. The van der Waals surface area contributed by atoms with E-state index in [1.807, 2.05) is 34.9 Å². The third kappa shape index (κ3) is 6.08. The lowest BCUT2D eigenvalue weighted by atomic mass is 10.2. The van der Waals surface area contributed by atoms with Crippen LogP contribution >= 0.6 is 11.8 Å². The maximum Gasteiger partial charge on any atom is 0.337 e. The van der Waals surface area contributed by atoms with Gasteiger partial charge in [0.15, 0.2) is 11.0 Å². The number of benzene rings is 3. The number of anilines is 1. The van der Waals surface area contributed by atoms with Crippen molar-refractivity contribution in [2.75, 3.05) is 18.2 Å². The van der Waals surface area contributed by atoms with Crippen molar-refractivity contribution in [3.8, 4) is 17.5 Å². The molecule has 1 heterocycles. The molecule has 0 radical (unpaired) electrons. The molecular weight excluding hydrogens is 478 g/mol. The number of ether oxygens (including phenoxy) is 2. The highest BCUT2D eigenvalue weighted by atomic mass is 32.2. The molecule has 0 aliphatic rings. The molecular formula is C26H21N5O4S. The van der Waals surface area contributed by atoms with Gasteiger partial charge in [-0.15, -0.1) is 10.2 Å². The van der Waals surface area contributed by atoms with E-state index < -0.39 is 5.97 Å². The molecule has 0 spiro atoms. The van der Waals surface area contributed by atoms with E-state index in [2.05, 4.69) is 26.3 Å². The third-order valence-electron chi connectivity index (χ3n) is 4.99. The summed E-state index contributed by atoms with van der Waals surface area (Å²) in [6, 6.07) is 24.9. The predicted molar refractivity (Wildman–Crippen MR) is 134 cm³/mol. The van der Waals surface area contributed by atoms with Gasteiger partial charge in [0, 0.05) is 11.4 Å². The van der Waals surface area contributed by atoms with E-state index in [-0.39, 0.29) is 18.3 Å². The first-order valence-electron chi connectivity index (χ1n) is 10.8. The molecule has 4 aromatic rings. The SMILES string of the molecule is COC(=O)c1ccc(NC(=O)CSc2nnc(COc3ccc(C#N)cc3)n2-c2ccccc2)cc1. The van der Waals surface area contributed by atoms with Gasteiger partial charge in [-0.05, 0) is 60.7 Å². The molecule has 36 heavy (non-hydrogen) atoms. The van der Waals surface area contributed by atoms with E-state index >= 15 is 0 Å². The summed E-state index contributed by atoms with van der Waals surface area (Å²) in [6.07, 6.45) is 0. The fraction of sp³-hybridized carbons (Fsp3) is 0.115. The molecule has 0 atom stereocenters. The number of nitrogens with zero attached hydrogens (tertiary/aromatic N) is 4. The van der Waals surface area contributed by atoms with Crippen molar-refractivity contribution in [1.82, 2.24) is 14.8 Å². The van der Waals surface area contributed by atoms with Crippen LogP contribution in [0.1, 0.15) is 21.7 Å². The quantitative estimate of drug-likeness (QED) is 0.268. The Hall–Kier alpha value is -4.62. The summed E-state index contributed by atoms with van der Waals surface area (Å²) in [5.41, 5.74) is 2.35. The van der Waals surface area contributed by atoms with Crippen LogP contribution < -0.4 is 10.1 Å². The van der Waals surface area contributed by atoms with Gasteiger partial charge in [-0.25, -0.2) is 4.79 Å². The molecule has 3 aromatic carbocycles. The van der Waals surface area contributed by atoms with Crippen molar-refractivity contribution < 1.29 is 19.1 Å². The molecule has 0 aliphatic carbocycles. The lowest BCUT2D eigenvalue weighted by Crippen LogP contribution is -2.15. The molecule has 180 valence electrons. The minimum absolute atomic E-state index is 0.0974. The Labute approximate surface area is 211 Å². The molecule has 0 unspecified atom stereocenters. The van der Waals surface area contributed by atoms with E-state index in [0.717, 1.165) is 5.69 Å². The number of carbonyl (C=O) groups excluding carboxylic acids is 2. The highest BCUT2D eigenvalue weighted by Gasteiger charge is 2.17. The molecule has 4 rings (SSSR count). The number of thioether (sulfide) groups is 1. The van der Waals surface area contributed by atoms with Gasteiger partial charge < -0.3 is 14.8 Å². The number of carbonyl (C=O) groups is 2. The number of para-hydroxylation sites is 1. The van der Waals surface area contributed by atoms with Crippen LogP contribution in [0.2, 0.25) is 0 Å². The normalized spacial score (nSPS) is 10.3. The van der Waals surface area contributed by atoms with Crippen molar-refractivity contribution in [2.24, 2.45) is 0 Å². The summed E-state index contributed by atoms with van der Waals surface area (Å²) in [7, 11) is 1.31. The largest absolute Gasteiger partial charge is 0.486 e. The third-order valence-corrected chi connectivity index (χ3v) is 5.92. The molecule has 10 heteroatoms. The molecule has 0 saturated carbocycles. The lowest BCUT2D eigenvalue weighted by molar-refractivity contribution is -0.113. The molecule has 0 saturated heterocycles. The van der Waals surface area contributed by atoms with Crippen LogP contribution in [0.5, 0.6) is 5.75 Å². The van der Waals surface area contributed by atoms with Crippen LogP contribution in [0.3, 0.4) is 0 Å². The first-order chi connectivity index (χ1) is 17.6.